The van der Waals surface area contributed by atoms with E-state index in [4.69, 9.17) is 0 Å². The minimum absolute atomic E-state index is 0.0487. The van der Waals surface area contributed by atoms with E-state index >= 15 is 0 Å². The van der Waals surface area contributed by atoms with Crippen LogP contribution in [0.3, 0.4) is 0 Å². The van der Waals surface area contributed by atoms with Crippen LogP contribution < -0.4 is 0 Å². The molecule has 1 aliphatic rings. The van der Waals surface area contributed by atoms with Crippen molar-refractivity contribution in [3.8, 4) is 0 Å². The summed E-state index contributed by atoms with van der Waals surface area (Å²) < 4.78 is 0. The number of aliphatic hydroxyl groups is 2. The Kier molecular flexibility index (Phi) is 3.71. The molecule has 3 heteroatoms. The van der Waals surface area contributed by atoms with Gasteiger partial charge in [0.15, 0.2) is 0 Å². The van der Waals surface area contributed by atoms with Crippen LogP contribution in [0.4, 0.5) is 0 Å². The zero-order valence-electron chi connectivity index (χ0n) is 12.2. The fourth-order valence-electron chi connectivity index (χ4n) is 3.42. The third-order valence-electron chi connectivity index (χ3n) is 4.59. The molecule has 2 nitrogen and oxygen atoms in total. The van der Waals surface area contributed by atoms with Crippen LogP contribution in [-0.2, 0) is 11.2 Å². The van der Waals surface area contributed by atoms with Gasteiger partial charge in [-0.1, -0.05) is 0 Å². The molecular weight excluding hydrogens is 327 g/mol. The summed E-state index contributed by atoms with van der Waals surface area (Å²) in [7, 11) is 0. The summed E-state index contributed by atoms with van der Waals surface area (Å²) in [5.41, 5.74) is -0.880. The van der Waals surface area contributed by atoms with Gasteiger partial charge in [0, 0.05) is 0 Å². The zero-order chi connectivity index (χ0) is 15.1. The van der Waals surface area contributed by atoms with E-state index in [1.165, 1.54) is 0 Å². The van der Waals surface area contributed by atoms with E-state index in [9.17, 15) is 10.2 Å². The molecule has 0 saturated carbocycles. The molecule has 0 bridgehead atoms. The van der Waals surface area contributed by atoms with E-state index in [1.807, 2.05) is 74.5 Å². The summed E-state index contributed by atoms with van der Waals surface area (Å²) >= 11 is 0.162. The van der Waals surface area contributed by atoms with Gasteiger partial charge in [-0.3, -0.25) is 0 Å². The van der Waals surface area contributed by atoms with Gasteiger partial charge in [0.05, 0.1) is 0 Å². The molecule has 1 fully saturated rings. The Labute approximate surface area is 132 Å². The third-order valence-corrected chi connectivity index (χ3v) is 7.74. The van der Waals surface area contributed by atoms with E-state index in [2.05, 4.69) is 0 Å². The SMILES string of the molecule is CC1[Se]C(C)C(O)(c2ccccc2)C1(O)c1ccccc1. The molecule has 1 saturated heterocycles. The van der Waals surface area contributed by atoms with E-state index in [0.717, 1.165) is 11.1 Å². The molecule has 4 atom stereocenters. The molecule has 1 aliphatic heterocycles. The van der Waals surface area contributed by atoms with Crippen LogP contribution in [0.15, 0.2) is 60.7 Å². The Morgan fingerprint density at radius 1 is 0.714 bits per heavy atom. The molecule has 3 rings (SSSR count). The molecule has 2 aromatic rings. The van der Waals surface area contributed by atoms with Gasteiger partial charge in [0.25, 0.3) is 0 Å². The fourth-order valence-corrected chi connectivity index (χ4v) is 6.85. The summed E-state index contributed by atoms with van der Waals surface area (Å²) in [6, 6.07) is 19.2. The van der Waals surface area contributed by atoms with Gasteiger partial charge in [0.1, 0.15) is 0 Å². The first-order valence-corrected chi connectivity index (χ1v) is 9.20. The molecule has 2 aromatic carbocycles. The predicted molar refractivity (Wildman–Crippen MR) is 85.3 cm³/mol. The quantitative estimate of drug-likeness (QED) is 0.820. The average molecular weight is 347 g/mol. The molecule has 0 amide bonds. The predicted octanol–water partition coefficient (Wildman–Crippen LogP) is 3.10. The Bertz CT molecular complexity index is 560. The molecule has 21 heavy (non-hydrogen) atoms. The second-order valence-corrected chi connectivity index (χ2v) is 9.22. The van der Waals surface area contributed by atoms with E-state index in [1.54, 1.807) is 0 Å². The second kappa shape index (κ2) is 5.26. The van der Waals surface area contributed by atoms with Crippen molar-refractivity contribution in [1.29, 1.82) is 0 Å². The van der Waals surface area contributed by atoms with Crippen molar-refractivity contribution in [2.45, 2.75) is 34.7 Å². The molecule has 0 radical (unpaired) electrons. The van der Waals surface area contributed by atoms with Gasteiger partial charge in [-0.05, 0) is 0 Å². The van der Waals surface area contributed by atoms with Crippen LogP contribution in [0.2, 0.25) is 9.63 Å². The van der Waals surface area contributed by atoms with Crippen molar-refractivity contribution in [3.05, 3.63) is 71.8 Å². The van der Waals surface area contributed by atoms with E-state index in [-0.39, 0.29) is 24.6 Å². The Morgan fingerprint density at radius 3 is 1.38 bits per heavy atom. The zero-order valence-corrected chi connectivity index (χ0v) is 13.9. The monoisotopic (exact) mass is 348 g/mol. The summed E-state index contributed by atoms with van der Waals surface area (Å²) in [5, 5.41) is 23.1. The van der Waals surface area contributed by atoms with Crippen LogP contribution >= 0.6 is 0 Å². The minimum atomic E-state index is -1.24. The molecule has 0 aliphatic carbocycles. The first kappa shape index (κ1) is 14.8. The second-order valence-electron chi connectivity index (χ2n) is 5.69. The standard InChI is InChI=1S/C18H20O2Se/c1-13-17(19,15-9-5-3-6-10-15)18(20,14(2)21-13)16-11-7-4-8-12-16/h3-14,19-20H,1-2H3. The fraction of sp³-hybridized carbons (Fsp3) is 0.333. The molecule has 110 valence electrons. The van der Waals surface area contributed by atoms with Crippen molar-refractivity contribution in [2.24, 2.45) is 0 Å². The summed E-state index contributed by atoms with van der Waals surface area (Å²) in [6.07, 6.45) is 0. The van der Waals surface area contributed by atoms with Crippen LogP contribution in [0.5, 0.6) is 0 Å². The van der Waals surface area contributed by atoms with Crippen LogP contribution in [0, 0.1) is 0 Å². The van der Waals surface area contributed by atoms with Gasteiger partial charge < -0.3 is 0 Å². The van der Waals surface area contributed by atoms with Gasteiger partial charge in [-0.25, -0.2) is 0 Å². The van der Waals surface area contributed by atoms with Crippen LogP contribution in [0.1, 0.15) is 25.0 Å². The normalized spacial score (nSPS) is 35.8. The number of hydrogen-bond acceptors (Lipinski definition) is 2. The molecule has 4 unspecified atom stereocenters. The van der Waals surface area contributed by atoms with Crippen molar-refractivity contribution >= 4 is 15.0 Å². The van der Waals surface area contributed by atoms with Gasteiger partial charge in [0.2, 0.25) is 0 Å². The van der Waals surface area contributed by atoms with Crippen molar-refractivity contribution in [3.63, 3.8) is 0 Å². The van der Waals surface area contributed by atoms with Crippen molar-refractivity contribution in [2.75, 3.05) is 0 Å². The van der Waals surface area contributed by atoms with Crippen LogP contribution in [-0.4, -0.2) is 25.2 Å². The summed E-state index contributed by atoms with van der Waals surface area (Å²) in [5.74, 6) is 0. The van der Waals surface area contributed by atoms with E-state index < -0.39 is 11.2 Å². The van der Waals surface area contributed by atoms with Crippen molar-refractivity contribution < 1.29 is 10.2 Å². The third kappa shape index (κ3) is 2.00. The van der Waals surface area contributed by atoms with Crippen LogP contribution in [0.25, 0.3) is 0 Å². The average Bonchev–Trinajstić information content (AvgIpc) is 2.71. The molecule has 1 heterocycles. The summed E-state index contributed by atoms with van der Waals surface area (Å²) in [4.78, 5) is 0.0974. The topological polar surface area (TPSA) is 40.5 Å². The molecule has 0 spiro atoms. The maximum atomic E-state index is 11.5. The Morgan fingerprint density at radius 2 is 1.05 bits per heavy atom. The molecule has 2 N–H and O–H groups in total. The van der Waals surface area contributed by atoms with Crippen molar-refractivity contribution in [1.82, 2.24) is 0 Å². The maximum absolute atomic E-state index is 11.5. The summed E-state index contributed by atoms with van der Waals surface area (Å²) in [6.45, 7) is 4.09. The number of rotatable bonds is 2. The Hall–Kier alpha value is -1.12. The van der Waals surface area contributed by atoms with Gasteiger partial charge in [-0.2, -0.15) is 0 Å². The van der Waals surface area contributed by atoms with Gasteiger partial charge >= 0.3 is 132 Å². The molecule has 0 aromatic heterocycles. The van der Waals surface area contributed by atoms with Gasteiger partial charge in [-0.15, -0.1) is 0 Å². The number of benzene rings is 2. The number of hydrogen-bond donors (Lipinski definition) is 2. The first-order valence-electron chi connectivity index (χ1n) is 7.22. The van der Waals surface area contributed by atoms with E-state index in [0.29, 0.717) is 0 Å². The molecular formula is C18H20O2Se. The Balaban J connectivity index is 2.21. The first-order chi connectivity index (χ1) is 10.0.